The molecule has 0 saturated carbocycles. The van der Waals surface area contributed by atoms with Crippen molar-refractivity contribution in [3.05, 3.63) is 99.6 Å². The molecule has 1 aliphatic heterocycles. The Kier molecular flexibility index (Phi) is 12.1. The molecule has 0 N–H and O–H groups in total. The van der Waals surface area contributed by atoms with Gasteiger partial charge in [-0.25, -0.2) is 4.70 Å². The van der Waals surface area contributed by atoms with E-state index in [0.29, 0.717) is 0 Å². The fraction of sp³-hybridized carbons (Fsp3) is 0.486. The summed E-state index contributed by atoms with van der Waals surface area (Å²) in [5, 5.41) is 0. The number of unbranched alkanes of at least 4 members (excludes halogenated alkanes) is 6. The summed E-state index contributed by atoms with van der Waals surface area (Å²) in [6.07, 6.45) is 19.6. The molecule has 0 amide bonds. The van der Waals surface area contributed by atoms with Crippen LogP contribution in [0.1, 0.15) is 121 Å². The standard InChI is InChI=1S/C35H48N2/c1-5-9-13-14-15-19-33-32(18-12-8-4)34(30-24-20-28(21-25-30)16-10-6-2)37(36)35(33)31-26-22-29(23-27-31)17-11-7-3/h15,19-27H,5-14,16-18H2,1-4H3. The molecule has 0 aromatic heterocycles. The molecule has 3 rings (SSSR count). The lowest BCUT2D eigenvalue weighted by Crippen LogP contribution is -2.03. The first-order valence-electron chi connectivity index (χ1n) is 15.0. The summed E-state index contributed by atoms with van der Waals surface area (Å²) in [6, 6.07) is 17.8. The maximum absolute atomic E-state index is 11.7. The summed E-state index contributed by atoms with van der Waals surface area (Å²) >= 11 is 0. The van der Waals surface area contributed by atoms with Gasteiger partial charge in [-0.05, 0) is 86.8 Å². The van der Waals surface area contributed by atoms with E-state index in [1.54, 1.807) is 0 Å². The van der Waals surface area contributed by atoms with E-state index in [9.17, 15) is 5.53 Å². The number of nitrogens with zero attached hydrogens (tertiary/aromatic N) is 2. The van der Waals surface area contributed by atoms with Crippen LogP contribution in [0.25, 0.3) is 16.9 Å². The van der Waals surface area contributed by atoms with Crippen molar-refractivity contribution < 1.29 is 4.70 Å². The largest absolute Gasteiger partial charge is 0.493 e. The van der Waals surface area contributed by atoms with Crippen molar-refractivity contribution in [2.45, 2.75) is 111 Å². The Bertz CT molecular complexity index is 1080. The number of rotatable bonds is 16. The third-order valence-corrected chi connectivity index (χ3v) is 7.42. The minimum atomic E-state index is 0.921. The van der Waals surface area contributed by atoms with Crippen LogP contribution in [0.15, 0.2) is 71.8 Å². The van der Waals surface area contributed by atoms with Gasteiger partial charge in [0.2, 0.25) is 11.4 Å². The molecule has 2 heteroatoms. The van der Waals surface area contributed by atoms with Crippen LogP contribution in [0.2, 0.25) is 0 Å². The van der Waals surface area contributed by atoms with E-state index in [0.717, 1.165) is 61.0 Å². The predicted molar refractivity (Wildman–Crippen MR) is 160 cm³/mol. The number of aryl methyl sites for hydroxylation is 2. The van der Waals surface area contributed by atoms with Crippen LogP contribution in [-0.2, 0) is 12.8 Å². The van der Waals surface area contributed by atoms with Gasteiger partial charge in [-0.3, -0.25) is 0 Å². The number of hydrogen-bond donors (Lipinski definition) is 0. The lowest BCUT2D eigenvalue weighted by atomic mass is 9.94. The van der Waals surface area contributed by atoms with Crippen molar-refractivity contribution in [3.8, 4) is 0 Å². The second-order valence-corrected chi connectivity index (χ2v) is 10.5. The molecular weight excluding hydrogens is 448 g/mol. The van der Waals surface area contributed by atoms with Crippen molar-refractivity contribution in [1.29, 1.82) is 0 Å². The quantitative estimate of drug-likeness (QED) is 0.163. The summed E-state index contributed by atoms with van der Waals surface area (Å²) in [7, 11) is 0. The average Bonchev–Trinajstić information content (AvgIpc) is 3.20. The van der Waals surface area contributed by atoms with Gasteiger partial charge in [0.15, 0.2) is 0 Å². The van der Waals surface area contributed by atoms with Crippen LogP contribution in [0, 0.1) is 0 Å². The van der Waals surface area contributed by atoms with Crippen LogP contribution >= 0.6 is 0 Å². The topological polar surface area (TPSA) is 25.3 Å². The van der Waals surface area contributed by atoms with E-state index in [2.05, 4.69) is 88.4 Å². The van der Waals surface area contributed by atoms with E-state index in [-0.39, 0.29) is 0 Å². The van der Waals surface area contributed by atoms with Crippen LogP contribution in [0.5, 0.6) is 0 Å². The molecular formula is C35H48N2. The van der Waals surface area contributed by atoms with Crippen molar-refractivity contribution in [2.75, 3.05) is 0 Å². The molecule has 0 bridgehead atoms. The smallest absolute Gasteiger partial charge is 0.215 e. The molecule has 0 saturated heterocycles. The Hall–Kier alpha value is -2.74. The highest BCUT2D eigenvalue weighted by Crippen LogP contribution is 2.43. The first-order chi connectivity index (χ1) is 18.1. The van der Waals surface area contributed by atoms with Gasteiger partial charge in [-0.1, -0.05) is 96.2 Å². The van der Waals surface area contributed by atoms with E-state index in [1.165, 1.54) is 71.9 Å². The zero-order valence-corrected chi connectivity index (χ0v) is 23.9. The van der Waals surface area contributed by atoms with Crippen LogP contribution in [-0.4, -0.2) is 4.70 Å². The van der Waals surface area contributed by atoms with Crippen molar-refractivity contribution in [2.24, 2.45) is 0 Å². The Morgan fingerprint density at radius 3 is 1.59 bits per heavy atom. The van der Waals surface area contributed by atoms with Gasteiger partial charge in [0, 0.05) is 16.7 Å². The van der Waals surface area contributed by atoms with E-state index in [1.807, 2.05) is 0 Å². The number of allylic oxidation sites excluding steroid dienone is 4. The van der Waals surface area contributed by atoms with Gasteiger partial charge in [-0.2, -0.15) is 0 Å². The first kappa shape index (κ1) is 28.8. The Morgan fingerprint density at radius 1 is 0.595 bits per heavy atom. The van der Waals surface area contributed by atoms with E-state index < -0.39 is 0 Å². The van der Waals surface area contributed by atoms with Crippen LogP contribution in [0.4, 0.5) is 0 Å². The highest BCUT2D eigenvalue weighted by molar-refractivity contribution is 5.84. The zero-order chi connectivity index (χ0) is 26.5. The third-order valence-electron chi connectivity index (χ3n) is 7.42. The van der Waals surface area contributed by atoms with Crippen LogP contribution < -0.4 is 0 Å². The molecule has 2 aromatic rings. The van der Waals surface area contributed by atoms with Gasteiger partial charge >= 0.3 is 0 Å². The fourth-order valence-corrected chi connectivity index (χ4v) is 5.12. The van der Waals surface area contributed by atoms with Crippen molar-refractivity contribution in [3.63, 3.8) is 0 Å². The lowest BCUT2D eigenvalue weighted by molar-refractivity contribution is -0.345. The molecule has 0 unspecified atom stereocenters. The normalized spacial score (nSPS) is 14.0. The third kappa shape index (κ3) is 7.87. The predicted octanol–water partition coefficient (Wildman–Crippen LogP) is 10.9. The van der Waals surface area contributed by atoms with Gasteiger partial charge in [0.1, 0.15) is 0 Å². The summed E-state index contributed by atoms with van der Waals surface area (Å²) in [5.74, 6) is 0. The molecule has 0 fully saturated rings. The van der Waals surface area contributed by atoms with Gasteiger partial charge in [-0.15, -0.1) is 0 Å². The zero-order valence-electron chi connectivity index (χ0n) is 23.9. The van der Waals surface area contributed by atoms with Crippen LogP contribution in [0.3, 0.4) is 0 Å². The summed E-state index contributed by atoms with van der Waals surface area (Å²) in [5.41, 5.74) is 21.0. The maximum Gasteiger partial charge on any atom is 0.215 e. The average molecular weight is 497 g/mol. The second kappa shape index (κ2) is 15.5. The minimum absolute atomic E-state index is 0.921. The number of benzene rings is 2. The molecule has 198 valence electrons. The Labute approximate surface area is 226 Å². The van der Waals surface area contributed by atoms with Crippen molar-refractivity contribution in [1.82, 2.24) is 0 Å². The molecule has 0 aliphatic carbocycles. The highest BCUT2D eigenvalue weighted by Gasteiger charge is 2.34. The Balaban J connectivity index is 2.04. The second-order valence-electron chi connectivity index (χ2n) is 10.5. The molecule has 2 aromatic carbocycles. The van der Waals surface area contributed by atoms with E-state index >= 15 is 0 Å². The highest BCUT2D eigenvalue weighted by atomic mass is 15.2. The molecule has 0 atom stereocenters. The Morgan fingerprint density at radius 2 is 1.08 bits per heavy atom. The minimum Gasteiger partial charge on any atom is -0.493 e. The van der Waals surface area contributed by atoms with E-state index in [4.69, 9.17) is 0 Å². The molecule has 2 nitrogen and oxygen atoms in total. The maximum atomic E-state index is 11.7. The summed E-state index contributed by atoms with van der Waals surface area (Å²) in [6.45, 7) is 8.97. The van der Waals surface area contributed by atoms with Gasteiger partial charge in [0.25, 0.3) is 0 Å². The van der Waals surface area contributed by atoms with Gasteiger partial charge in [0.05, 0.1) is 5.57 Å². The van der Waals surface area contributed by atoms with Crippen molar-refractivity contribution >= 4 is 11.4 Å². The monoisotopic (exact) mass is 496 g/mol. The summed E-state index contributed by atoms with van der Waals surface area (Å²) < 4.78 is 1.48. The molecule has 37 heavy (non-hydrogen) atoms. The first-order valence-corrected chi connectivity index (χ1v) is 15.0. The molecule has 1 heterocycles. The summed E-state index contributed by atoms with van der Waals surface area (Å²) in [4.78, 5) is 0. The van der Waals surface area contributed by atoms with Gasteiger partial charge < -0.3 is 5.53 Å². The molecule has 0 spiro atoms. The fourth-order valence-electron chi connectivity index (χ4n) is 5.12. The lowest BCUT2D eigenvalue weighted by Gasteiger charge is -2.10. The molecule has 1 aliphatic rings. The molecule has 0 radical (unpaired) electrons. The SMILES string of the molecule is CCCCCC=CC1=C(c2ccc(CCCC)cc2)[N+](=[N-])C(c2ccc(CCCC)cc2)=C1CCCC. The number of hydrogen-bond acceptors (Lipinski definition) is 0.